The van der Waals surface area contributed by atoms with Crippen molar-refractivity contribution in [1.82, 2.24) is 10.2 Å². The van der Waals surface area contributed by atoms with E-state index in [2.05, 4.69) is 5.32 Å². The molecule has 1 fully saturated rings. The van der Waals surface area contributed by atoms with E-state index in [4.69, 9.17) is 10.5 Å². The first-order valence-corrected chi connectivity index (χ1v) is 6.93. The number of carboxylic acid groups (broad SMARTS) is 1. The van der Waals surface area contributed by atoms with Crippen LogP contribution in [0.25, 0.3) is 0 Å². The molecule has 8 nitrogen and oxygen atoms in total. The summed E-state index contributed by atoms with van der Waals surface area (Å²) in [6.45, 7) is 4.40. The maximum Gasteiger partial charge on any atom is 0.329 e. The molecule has 0 bridgehead atoms. The van der Waals surface area contributed by atoms with Crippen LogP contribution < -0.4 is 11.1 Å². The predicted octanol–water partition coefficient (Wildman–Crippen LogP) is -0.227. The molecule has 3 amide bonds. The summed E-state index contributed by atoms with van der Waals surface area (Å²) in [7, 11) is 0. The van der Waals surface area contributed by atoms with Crippen LogP contribution in [0.4, 0.5) is 4.79 Å². The highest BCUT2D eigenvalue weighted by molar-refractivity contribution is 5.88. The quantitative estimate of drug-likeness (QED) is 0.625. The van der Waals surface area contributed by atoms with Crippen molar-refractivity contribution >= 4 is 17.9 Å². The van der Waals surface area contributed by atoms with E-state index >= 15 is 0 Å². The minimum Gasteiger partial charge on any atom is -0.480 e. The molecule has 0 saturated carbocycles. The molecule has 1 saturated heterocycles. The standard InChI is InChI=1S/C13H23N3O5/c1-9(2)7-16(8-10(14)17)12(20)15-13(11(18)19)3-5-21-6-4-13/h9H,3-8H2,1-2H3,(H2,14,17)(H,15,20)(H,18,19). The number of nitrogens with two attached hydrogens (primary N) is 1. The van der Waals surface area contributed by atoms with Gasteiger partial charge in [0.25, 0.3) is 0 Å². The Kier molecular flexibility index (Phi) is 5.95. The molecular weight excluding hydrogens is 278 g/mol. The normalized spacial score (nSPS) is 17.3. The predicted molar refractivity (Wildman–Crippen MR) is 74.6 cm³/mol. The highest BCUT2D eigenvalue weighted by atomic mass is 16.5. The number of urea groups is 1. The molecule has 0 unspecified atom stereocenters. The first-order chi connectivity index (χ1) is 9.77. The van der Waals surface area contributed by atoms with Gasteiger partial charge in [0, 0.05) is 32.6 Å². The number of carbonyl (C=O) groups excluding carboxylic acids is 2. The summed E-state index contributed by atoms with van der Waals surface area (Å²) in [6, 6.07) is -0.591. The molecule has 1 rings (SSSR count). The van der Waals surface area contributed by atoms with E-state index in [-0.39, 0.29) is 38.5 Å². The molecule has 0 aromatic heterocycles. The van der Waals surface area contributed by atoms with Gasteiger partial charge in [-0.25, -0.2) is 9.59 Å². The van der Waals surface area contributed by atoms with E-state index in [0.717, 1.165) is 0 Å². The van der Waals surface area contributed by atoms with Gasteiger partial charge in [-0.15, -0.1) is 0 Å². The Labute approximate surface area is 123 Å². The van der Waals surface area contributed by atoms with E-state index in [0.29, 0.717) is 6.54 Å². The molecular formula is C13H23N3O5. The summed E-state index contributed by atoms with van der Waals surface area (Å²) in [5.41, 5.74) is 3.79. The zero-order chi connectivity index (χ0) is 16.0. The van der Waals surface area contributed by atoms with Crippen LogP contribution in [0.15, 0.2) is 0 Å². The number of rotatable bonds is 6. The molecule has 8 heteroatoms. The second-order valence-electron chi connectivity index (χ2n) is 5.67. The van der Waals surface area contributed by atoms with E-state index in [9.17, 15) is 19.5 Å². The van der Waals surface area contributed by atoms with E-state index in [1.54, 1.807) is 0 Å². The SMILES string of the molecule is CC(C)CN(CC(N)=O)C(=O)NC1(C(=O)O)CCOCC1. The average molecular weight is 301 g/mol. The summed E-state index contributed by atoms with van der Waals surface area (Å²) < 4.78 is 5.14. The van der Waals surface area contributed by atoms with Crippen molar-refractivity contribution in [2.45, 2.75) is 32.2 Å². The third kappa shape index (κ3) is 4.89. The minimum absolute atomic E-state index is 0.130. The summed E-state index contributed by atoms with van der Waals surface area (Å²) in [6.07, 6.45) is 0.389. The number of ether oxygens (including phenoxy) is 1. The van der Waals surface area contributed by atoms with Crippen molar-refractivity contribution in [2.75, 3.05) is 26.3 Å². The van der Waals surface area contributed by atoms with Gasteiger partial charge in [-0.2, -0.15) is 0 Å². The Morgan fingerprint density at radius 1 is 1.33 bits per heavy atom. The van der Waals surface area contributed by atoms with Gasteiger partial charge in [-0.3, -0.25) is 4.79 Å². The molecule has 0 aromatic rings. The lowest BCUT2D eigenvalue weighted by atomic mass is 9.90. The van der Waals surface area contributed by atoms with E-state index < -0.39 is 23.4 Å². The van der Waals surface area contributed by atoms with Gasteiger partial charge in [0.05, 0.1) is 0 Å². The van der Waals surface area contributed by atoms with Crippen LogP contribution >= 0.6 is 0 Å². The van der Waals surface area contributed by atoms with Gasteiger partial charge >= 0.3 is 12.0 Å². The zero-order valence-corrected chi connectivity index (χ0v) is 12.4. The van der Waals surface area contributed by atoms with Crippen LogP contribution in [0.5, 0.6) is 0 Å². The number of carbonyl (C=O) groups is 3. The molecule has 4 N–H and O–H groups in total. The number of hydrogen-bond acceptors (Lipinski definition) is 4. The van der Waals surface area contributed by atoms with Crippen LogP contribution in [-0.4, -0.2) is 59.8 Å². The van der Waals surface area contributed by atoms with Crippen LogP contribution in [-0.2, 0) is 14.3 Å². The molecule has 0 aromatic carbocycles. The first kappa shape index (κ1) is 17.2. The lowest BCUT2D eigenvalue weighted by molar-refractivity contribution is -0.148. The molecule has 0 spiro atoms. The van der Waals surface area contributed by atoms with Gasteiger partial charge in [0.1, 0.15) is 12.1 Å². The molecule has 120 valence electrons. The Bertz CT molecular complexity index is 405. The number of primary amides is 1. The largest absolute Gasteiger partial charge is 0.480 e. The average Bonchev–Trinajstić information content (AvgIpc) is 2.37. The van der Waals surface area contributed by atoms with Gasteiger partial charge in [-0.1, -0.05) is 13.8 Å². The number of amides is 3. The summed E-state index contributed by atoms with van der Waals surface area (Å²) in [4.78, 5) is 36.1. The number of carboxylic acids is 1. The van der Waals surface area contributed by atoms with Gasteiger partial charge < -0.3 is 25.8 Å². The van der Waals surface area contributed by atoms with E-state index in [1.165, 1.54) is 4.90 Å². The van der Waals surface area contributed by atoms with Crippen molar-refractivity contribution in [3.8, 4) is 0 Å². The van der Waals surface area contributed by atoms with Crippen molar-refractivity contribution in [3.63, 3.8) is 0 Å². The van der Waals surface area contributed by atoms with Crippen LogP contribution in [0.1, 0.15) is 26.7 Å². The van der Waals surface area contributed by atoms with Crippen molar-refractivity contribution < 1.29 is 24.2 Å². The molecule has 1 aliphatic heterocycles. The van der Waals surface area contributed by atoms with Gasteiger partial charge in [0.15, 0.2) is 0 Å². The number of aliphatic carboxylic acids is 1. The Hall–Kier alpha value is -1.83. The molecule has 1 aliphatic rings. The fourth-order valence-corrected chi connectivity index (χ4v) is 2.24. The second-order valence-corrected chi connectivity index (χ2v) is 5.67. The third-order valence-corrected chi connectivity index (χ3v) is 3.32. The molecule has 0 aliphatic carbocycles. The monoisotopic (exact) mass is 301 g/mol. The smallest absolute Gasteiger partial charge is 0.329 e. The molecule has 0 radical (unpaired) electrons. The maximum atomic E-state index is 12.3. The highest BCUT2D eigenvalue weighted by Gasteiger charge is 2.42. The fourth-order valence-electron chi connectivity index (χ4n) is 2.24. The lowest BCUT2D eigenvalue weighted by Crippen LogP contribution is -2.61. The number of nitrogens with zero attached hydrogens (tertiary/aromatic N) is 1. The Morgan fingerprint density at radius 2 is 1.90 bits per heavy atom. The Balaban J connectivity index is 2.81. The van der Waals surface area contributed by atoms with Crippen LogP contribution in [0.2, 0.25) is 0 Å². The summed E-state index contributed by atoms with van der Waals surface area (Å²) in [5, 5.41) is 11.9. The summed E-state index contributed by atoms with van der Waals surface area (Å²) in [5.74, 6) is -1.60. The molecule has 0 atom stereocenters. The van der Waals surface area contributed by atoms with Crippen LogP contribution in [0, 0.1) is 5.92 Å². The minimum atomic E-state index is -1.35. The third-order valence-electron chi connectivity index (χ3n) is 3.32. The summed E-state index contributed by atoms with van der Waals surface area (Å²) >= 11 is 0. The first-order valence-electron chi connectivity index (χ1n) is 6.93. The molecule has 21 heavy (non-hydrogen) atoms. The van der Waals surface area contributed by atoms with Crippen molar-refractivity contribution in [1.29, 1.82) is 0 Å². The van der Waals surface area contributed by atoms with Crippen LogP contribution in [0.3, 0.4) is 0 Å². The van der Waals surface area contributed by atoms with Crippen molar-refractivity contribution in [3.05, 3.63) is 0 Å². The fraction of sp³-hybridized carbons (Fsp3) is 0.769. The van der Waals surface area contributed by atoms with Gasteiger partial charge in [-0.05, 0) is 5.92 Å². The zero-order valence-electron chi connectivity index (χ0n) is 12.4. The molecule has 1 heterocycles. The lowest BCUT2D eigenvalue weighted by Gasteiger charge is -2.36. The van der Waals surface area contributed by atoms with Gasteiger partial charge in [0.2, 0.25) is 5.91 Å². The second kappa shape index (κ2) is 7.26. The maximum absolute atomic E-state index is 12.3. The highest BCUT2D eigenvalue weighted by Crippen LogP contribution is 2.21. The number of hydrogen-bond donors (Lipinski definition) is 3. The number of nitrogens with one attached hydrogen (secondary N) is 1. The van der Waals surface area contributed by atoms with Crippen molar-refractivity contribution in [2.24, 2.45) is 11.7 Å². The topological polar surface area (TPSA) is 122 Å². The van der Waals surface area contributed by atoms with E-state index in [1.807, 2.05) is 13.8 Å². The Morgan fingerprint density at radius 3 is 2.33 bits per heavy atom.